The molecular weight excluding hydrogens is 396 g/mol. The van der Waals surface area contributed by atoms with Crippen molar-refractivity contribution in [2.24, 2.45) is 5.73 Å². The Labute approximate surface area is 191 Å². The largest absolute Gasteiger partial charge is 0.490 e. The lowest BCUT2D eigenvalue weighted by atomic mass is 9.82. The van der Waals surface area contributed by atoms with Crippen molar-refractivity contribution < 1.29 is 9.47 Å². The molecule has 0 spiro atoms. The van der Waals surface area contributed by atoms with Crippen LogP contribution >= 0.6 is 0 Å². The van der Waals surface area contributed by atoms with E-state index in [-0.39, 0.29) is 11.6 Å². The zero-order chi connectivity index (χ0) is 22.4. The first-order valence-electron chi connectivity index (χ1n) is 11.7. The van der Waals surface area contributed by atoms with E-state index >= 15 is 0 Å². The third-order valence-electron chi connectivity index (χ3n) is 6.49. The fraction of sp³-hybridized carbons (Fsp3) is 0.393. The van der Waals surface area contributed by atoms with E-state index in [0.29, 0.717) is 12.5 Å². The lowest BCUT2D eigenvalue weighted by Crippen LogP contribution is -2.40. The molecule has 3 aromatic rings. The van der Waals surface area contributed by atoms with Crippen molar-refractivity contribution in [1.29, 1.82) is 0 Å². The highest BCUT2D eigenvalue weighted by molar-refractivity contribution is 5.88. The number of hydrogen-bond donors (Lipinski definition) is 1. The van der Waals surface area contributed by atoms with Gasteiger partial charge in [0.25, 0.3) is 0 Å². The maximum Gasteiger partial charge on any atom is 0.221 e. The molecule has 0 aliphatic heterocycles. The molecule has 1 saturated carbocycles. The van der Waals surface area contributed by atoms with Crippen LogP contribution in [0.1, 0.15) is 56.1 Å². The molecule has 2 aromatic carbocycles. The van der Waals surface area contributed by atoms with Gasteiger partial charge >= 0.3 is 0 Å². The number of fused-ring (bicyclic) bond motifs is 1. The molecule has 4 nitrogen and oxygen atoms in total. The van der Waals surface area contributed by atoms with Gasteiger partial charge in [0.2, 0.25) is 5.88 Å². The summed E-state index contributed by atoms with van der Waals surface area (Å²) in [6.45, 7) is 6.47. The van der Waals surface area contributed by atoms with Crippen molar-refractivity contribution in [3.8, 4) is 11.6 Å². The first-order valence-corrected chi connectivity index (χ1v) is 11.7. The number of ether oxygens (including phenoxy) is 2. The van der Waals surface area contributed by atoms with Gasteiger partial charge in [-0.05, 0) is 86.6 Å². The van der Waals surface area contributed by atoms with Gasteiger partial charge in [-0.15, -0.1) is 6.58 Å². The molecule has 0 saturated heterocycles. The SMILES string of the molecule is C=CCC1(N)CCCC(Oc2cc3ccnc(OCc4ccccc4)c3cc2C)CCC1. The summed E-state index contributed by atoms with van der Waals surface area (Å²) in [4.78, 5) is 4.48. The van der Waals surface area contributed by atoms with Crippen LogP contribution in [0.4, 0.5) is 0 Å². The molecule has 0 bridgehead atoms. The van der Waals surface area contributed by atoms with Crippen molar-refractivity contribution in [3.05, 3.63) is 78.5 Å². The predicted octanol–water partition coefficient (Wildman–Crippen LogP) is 6.50. The van der Waals surface area contributed by atoms with Gasteiger partial charge < -0.3 is 15.2 Å². The fourth-order valence-corrected chi connectivity index (χ4v) is 4.67. The summed E-state index contributed by atoms with van der Waals surface area (Å²) in [5.41, 5.74) is 8.72. The average molecular weight is 431 g/mol. The minimum atomic E-state index is -0.0886. The second kappa shape index (κ2) is 10.2. The van der Waals surface area contributed by atoms with E-state index in [1.165, 1.54) is 0 Å². The van der Waals surface area contributed by atoms with Crippen molar-refractivity contribution >= 4 is 10.8 Å². The first-order chi connectivity index (χ1) is 15.6. The molecule has 0 atom stereocenters. The van der Waals surface area contributed by atoms with E-state index in [9.17, 15) is 0 Å². The van der Waals surface area contributed by atoms with Crippen LogP contribution in [0.3, 0.4) is 0 Å². The Bertz CT molecular complexity index is 1040. The Morgan fingerprint density at radius 1 is 1.12 bits per heavy atom. The van der Waals surface area contributed by atoms with Crippen LogP contribution in [0.15, 0.2) is 67.4 Å². The number of benzene rings is 2. The molecule has 1 aliphatic rings. The number of aromatic nitrogens is 1. The Morgan fingerprint density at radius 3 is 2.59 bits per heavy atom. The molecule has 32 heavy (non-hydrogen) atoms. The maximum atomic E-state index is 6.57. The second-order valence-corrected chi connectivity index (χ2v) is 9.11. The standard InChI is InChI=1S/C28H34N2O2/c1-3-14-28(29)15-7-11-24(12-8-16-28)32-26-19-23-13-17-30-27(25(23)18-21(26)2)31-20-22-9-5-4-6-10-22/h3-6,9-10,13,17-19,24H,1,7-8,11-12,14-16,20,29H2,2H3. The van der Waals surface area contributed by atoms with E-state index in [1.807, 2.05) is 30.3 Å². The average Bonchev–Trinajstić information content (AvgIpc) is 2.77. The lowest BCUT2D eigenvalue weighted by molar-refractivity contribution is 0.151. The highest BCUT2D eigenvalue weighted by Gasteiger charge is 2.27. The molecular formula is C28H34N2O2. The molecule has 1 heterocycles. The summed E-state index contributed by atoms with van der Waals surface area (Å²) in [5, 5.41) is 2.10. The quantitative estimate of drug-likeness (QED) is 0.435. The van der Waals surface area contributed by atoms with Crippen LogP contribution in [0.2, 0.25) is 0 Å². The van der Waals surface area contributed by atoms with Gasteiger partial charge in [-0.25, -0.2) is 4.98 Å². The van der Waals surface area contributed by atoms with Gasteiger partial charge in [0.15, 0.2) is 0 Å². The summed E-state index contributed by atoms with van der Waals surface area (Å²) in [6, 6.07) is 16.5. The monoisotopic (exact) mass is 430 g/mol. The normalized spacial score (nSPS) is 21.5. The van der Waals surface area contributed by atoms with E-state index in [0.717, 1.165) is 72.6 Å². The number of nitrogens with zero attached hydrogens (tertiary/aromatic N) is 1. The van der Waals surface area contributed by atoms with Crippen LogP contribution in [0.25, 0.3) is 10.8 Å². The van der Waals surface area contributed by atoms with E-state index in [1.54, 1.807) is 6.20 Å². The molecule has 168 valence electrons. The molecule has 2 N–H and O–H groups in total. The Balaban J connectivity index is 1.46. The molecule has 4 rings (SSSR count). The lowest BCUT2D eigenvalue weighted by Gasteiger charge is -2.33. The zero-order valence-electron chi connectivity index (χ0n) is 19.1. The van der Waals surface area contributed by atoms with Crippen LogP contribution in [-0.2, 0) is 6.61 Å². The van der Waals surface area contributed by atoms with Gasteiger partial charge in [-0.3, -0.25) is 0 Å². The third kappa shape index (κ3) is 5.49. The molecule has 0 unspecified atom stereocenters. The summed E-state index contributed by atoms with van der Waals surface area (Å²) >= 11 is 0. The van der Waals surface area contributed by atoms with Crippen LogP contribution < -0.4 is 15.2 Å². The number of hydrogen-bond acceptors (Lipinski definition) is 4. The van der Waals surface area contributed by atoms with Crippen LogP contribution in [0.5, 0.6) is 11.6 Å². The molecule has 0 radical (unpaired) electrons. The van der Waals surface area contributed by atoms with Gasteiger partial charge in [0.1, 0.15) is 12.4 Å². The first kappa shape index (κ1) is 22.3. The van der Waals surface area contributed by atoms with Crippen molar-refractivity contribution in [2.45, 2.75) is 70.1 Å². The van der Waals surface area contributed by atoms with E-state index < -0.39 is 0 Å². The minimum Gasteiger partial charge on any atom is -0.490 e. The van der Waals surface area contributed by atoms with Gasteiger partial charge in [-0.1, -0.05) is 36.4 Å². The van der Waals surface area contributed by atoms with Gasteiger partial charge in [0, 0.05) is 17.1 Å². The number of nitrogens with two attached hydrogens (primary N) is 1. The summed E-state index contributed by atoms with van der Waals surface area (Å²) in [6.07, 6.45) is 11.2. The Hall–Kier alpha value is -2.85. The minimum absolute atomic E-state index is 0.0886. The van der Waals surface area contributed by atoms with E-state index in [2.05, 4.69) is 42.8 Å². The van der Waals surface area contributed by atoms with Crippen molar-refractivity contribution in [1.82, 2.24) is 4.98 Å². The zero-order valence-corrected chi connectivity index (χ0v) is 19.1. The topological polar surface area (TPSA) is 57.4 Å². The second-order valence-electron chi connectivity index (χ2n) is 9.11. The van der Waals surface area contributed by atoms with Crippen LogP contribution in [-0.4, -0.2) is 16.6 Å². The van der Waals surface area contributed by atoms with Crippen molar-refractivity contribution in [3.63, 3.8) is 0 Å². The molecule has 1 aliphatic carbocycles. The molecule has 0 amide bonds. The van der Waals surface area contributed by atoms with Gasteiger partial charge in [0.05, 0.1) is 6.10 Å². The summed E-state index contributed by atoms with van der Waals surface area (Å²) < 4.78 is 12.6. The number of pyridine rings is 1. The highest BCUT2D eigenvalue weighted by Crippen LogP contribution is 2.34. The Morgan fingerprint density at radius 2 is 1.88 bits per heavy atom. The molecule has 4 heteroatoms. The Kier molecular flexibility index (Phi) is 7.11. The molecule has 1 aromatic heterocycles. The fourth-order valence-electron chi connectivity index (χ4n) is 4.67. The number of aryl methyl sites for hydroxylation is 1. The third-order valence-corrected chi connectivity index (χ3v) is 6.49. The predicted molar refractivity (Wildman–Crippen MR) is 131 cm³/mol. The van der Waals surface area contributed by atoms with Crippen molar-refractivity contribution in [2.75, 3.05) is 0 Å². The summed E-state index contributed by atoms with van der Waals surface area (Å²) in [5.74, 6) is 1.61. The maximum absolute atomic E-state index is 6.57. The van der Waals surface area contributed by atoms with E-state index in [4.69, 9.17) is 15.2 Å². The van der Waals surface area contributed by atoms with Gasteiger partial charge in [-0.2, -0.15) is 0 Å². The highest BCUT2D eigenvalue weighted by atomic mass is 16.5. The number of rotatable bonds is 7. The summed E-state index contributed by atoms with van der Waals surface area (Å²) in [7, 11) is 0. The molecule has 1 fully saturated rings. The van der Waals surface area contributed by atoms with Crippen LogP contribution in [0, 0.1) is 6.92 Å². The smallest absolute Gasteiger partial charge is 0.221 e.